The van der Waals surface area contributed by atoms with E-state index >= 15 is 0 Å². The molecule has 0 saturated carbocycles. The Morgan fingerprint density at radius 3 is 2.81 bits per heavy atom. The molecule has 0 spiro atoms. The van der Waals surface area contributed by atoms with Gasteiger partial charge < -0.3 is 4.74 Å². The van der Waals surface area contributed by atoms with Crippen LogP contribution < -0.4 is 9.46 Å². The van der Waals surface area contributed by atoms with Crippen LogP contribution in [-0.2, 0) is 16.4 Å². The number of rotatable bonds is 7. The topological polar surface area (TPSA) is 97.0 Å². The summed E-state index contributed by atoms with van der Waals surface area (Å²) < 4.78 is 32.3. The Bertz CT molecular complexity index is 683. The Kier molecular flexibility index (Phi) is 4.92. The van der Waals surface area contributed by atoms with Crippen molar-refractivity contribution in [3.63, 3.8) is 0 Å². The summed E-state index contributed by atoms with van der Waals surface area (Å²) in [5.41, 5.74) is 0.787. The predicted octanol–water partition coefficient (Wildman–Crippen LogP) is 1.03. The third kappa shape index (κ3) is 4.02. The van der Waals surface area contributed by atoms with Gasteiger partial charge in [0.2, 0.25) is 10.0 Å². The molecule has 0 radical (unpaired) electrons. The Labute approximate surface area is 123 Å². The lowest BCUT2D eigenvalue weighted by molar-refractivity contribution is 0.337. The van der Waals surface area contributed by atoms with Crippen LogP contribution in [0.15, 0.2) is 29.4 Å². The molecule has 0 aliphatic heterocycles. The van der Waals surface area contributed by atoms with Gasteiger partial charge in [0.15, 0.2) is 0 Å². The summed E-state index contributed by atoms with van der Waals surface area (Å²) in [5.74, 6) is 1.33. The zero-order chi connectivity index (χ0) is 15.3. The van der Waals surface area contributed by atoms with Crippen LogP contribution in [0.5, 0.6) is 5.75 Å². The molecule has 2 rings (SSSR count). The zero-order valence-electron chi connectivity index (χ0n) is 12.0. The highest BCUT2D eigenvalue weighted by atomic mass is 32.2. The average Bonchev–Trinajstić information content (AvgIpc) is 2.94. The number of aryl methyl sites for hydroxylation is 1. The van der Waals surface area contributed by atoms with Crippen LogP contribution in [0.3, 0.4) is 0 Å². The van der Waals surface area contributed by atoms with Gasteiger partial charge in [-0.05, 0) is 37.6 Å². The van der Waals surface area contributed by atoms with Gasteiger partial charge in [0.25, 0.3) is 0 Å². The van der Waals surface area contributed by atoms with E-state index in [1.807, 2.05) is 13.8 Å². The number of nitrogens with zero attached hydrogens (tertiary/aromatic N) is 2. The largest absolute Gasteiger partial charge is 0.494 e. The molecule has 1 heterocycles. The summed E-state index contributed by atoms with van der Waals surface area (Å²) in [7, 11) is -3.54. The molecule has 0 amide bonds. The smallest absolute Gasteiger partial charge is 0.240 e. The number of sulfonamides is 1. The van der Waals surface area contributed by atoms with Crippen LogP contribution >= 0.6 is 0 Å². The van der Waals surface area contributed by atoms with Crippen LogP contribution in [-0.4, -0.2) is 36.8 Å². The van der Waals surface area contributed by atoms with E-state index in [4.69, 9.17) is 4.74 Å². The van der Waals surface area contributed by atoms with E-state index in [1.54, 1.807) is 12.1 Å². The fraction of sp³-hybridized carbons (Fsp3) is 0.385. The molecule has 8 heteroatoms. The van der Waals surface area contributed by atoms with Crippen molar-refractivity contribution in [1.82, 2.24) is 19.9 Å². The maximum Gasteiger partial charge on any atom is 0.240 e. The molecule has 0 aliphatic rings. The van der Waals surface area contributed by atoms with E-state index in [2.05, 4.69) is 19.9 Å². The highest BCUT2D eigenvalue weighted by Crippen LogP contribution is 2.21. The maximum absolute atomic E-state index is 12.2. The van der Waals surface area contributed by atoms with Crippen molar-refractivity contribution in [1.29, 1.82) is 0 Å². The molecule has 1 aromatic carbocycles. The number of hydrogen-bond donors (Lipinski definition) is 2. The van der Waals surface area contributed by atoms with Gasteiger partial charge in [0, 0.05) is 13.0 Å². The Hall–Kier alpha value is -1.93. The van der Waals surface area contributed by atoms with Crippen molar-refractivity contribution in [2.24, 2.45) is 0 Å². The van der Waals surface area contributed by atoms with E-state index in [9.17, 15) is 8.42 Å². The van der Waals surface area contributed by atoms with E-state index in [0.717, 1.165) is 5.56 Å². The van der Waals surface area contributed by atoms with Crippen LogP contribution in [0, 0.1) is 6.92 Å². The summed E-state index contributed by atoms with van der Waals surface area (Å²) >= 11 is 0. The van der Waals surface area contributed by atoms with E-state index in [1.165, 1.54) is 12.4 Å². The second-order valence-electron chi connectivity index (χ2n) is 4.44. The van der Waals surface area contributed by atoms with Crippen molar-refractivity contribution >= 4 is 10.0 Å². The first-order valence-corrected chi connectivity index (χ1v) is 8.08. The van der Waals surface area contributed by atoms with Crippen molar-refractivity contribution in [3.05, 3.63) is 35.9 Å². The van der Waals surface area contributed by atoms with Gasteiger partial charge in [-0.2, -0.15) is 5.10 Å². The standard InChI is InChI=1S/C13H18N4O3S/c1-3-20-12-5-4-11(8-10(12)2)21(18,19)16-7-6-13-14-9-15-17-13/h4-5,8-9,16H,3,6-7H2,1-2H3,(H,14,15,17). The molecule has 2 aromatic rings. The Balaban J connectivity index is 2.03. The molecular weight excluding hydrogens is 292 g/mol. The molecule has 1 aromatic heterocycles. The fourth-order valence-corrected chi connectivity index (χ4v) is 2.96. The number of ether oxygens (including phenoxy) is 1. The molecule has 0 atom stereocenters. The summed E-state index contributed by atoms with van der Waals surface area (Å²) in [4.78, 5) is 4.16. The van der Waals surface area contributed by atoms with Crippen LogP contribution in [0.2, 0.25) is 0 Å². The molecule has 0 unspecified atom stereocenters. The monoisotopic (exact) mass is 310 g/mol. The molecule has 0 aliphatic carbocycles. The first-order valence-electron chi connectivity index (χ1n) is 6.60. The lowest BCUT2D eigenvalue weighted by Gasteiger charge is -2.10. The van der Waals surface area contributed by atoms with Gasteiger partial charge in [-0.25, -0.2) is 18.1 Å². The van der Waals surface area contributed by atoms with E-state index < -0.39 is 10.0 Å². The quantitative estimate of drug-likeness (QED) is 0.796. The first kappa shape index (κ1) is 15.5. The lowest BCUT2D eigenvalue weighted by Crippen LogP contribution is -2.26. The van der Waals surface area contributed by atoms with Gasteiger partial charge in [0.1, 0.15) is 17.9 Å². The second kappa shape index (κ2) is 6.68. The molecule has 7 nitrogen and oxygen atoms in total. The molecular formula is C13H18N4O3S. The van der Waals surface area contributed by atoms with Crippen molar-refractivity contribution < 1.29 is 13.2 Å². The molecule has 114 valence electrons. The molecule has 0 bridgehead atoms. The number of aromatic nitrogens is 3. The normalized spacial score (nSPS) is 11.5. The molecule has 0 saturated heterocycles. The Morgan fingerprint density at radius 1 is 1.38 bits per heavy atom. The average molecular weight is 310 g/mol. The van der Waals surface area contributed by atoms with Crippen LogP contribution in [0.25, 0.3) is 0 Å². The highest BCUT2D eigenvalue weighted by Gasteiger charge is 2.15. The lowest BCUT2D eigenvalue weighted by atomic mass is 10.2. The first-order chi connectivity index (χ1) is 10.0. The highest BCUT2D eigenvalue weighted by molar-refractivity contribution is 7.89. The van der Waals surface area contributed by atoms with Crippen LogP contribution in [0.4, 0.5) is 0 Å². The molecule has 2 N–H and O–H groups in total. The minimum Gasteiger partial charge on any atom is -0.494 e. The number of benzene rings is 1. The third-order valence-corrected chi connectivity index (χ3v) is 4.33. The number of H-pyrrole nitrogens is 1. The Morgan fingerprint density at radius 2 is 2.19 bits per heavy atom. The van der Waals surface area contributed by atoms with E-state index in [0.29, 0.717) is 24.6 Å². The maximum atomic E-state index is 12.2. The third-order valence-electron chi connectivity index (χ3n) is 2.88. The van der Waals surface area contributed by atoms with E-state index in [-0.39, 0.29) is 11.4 Å². The number of hydrogen-bond acceptors (Lipinski definition) is 5. The SMILES string of the molecule is CCOc1ccc(S(=O)(=O)NCCc2ncn[nH]2)cc1C. The van der Waals surface area contributed by atoms with Gasteiger partial charge in [-0.3, -0.25) is 5.10 Å². The summed E-state index contributed by atoms with van der Waals surface area (Å²) in [6.07, 6.45) is 1.84. The van der Waals surface area contributed by atoms with Gasteiger partial charge >= 0.3 is 0 Å². The summed E-state index contributed by atoms with van der Waals surface area (Å²) in [6.45, 7) is 4.50. The van der Waals surface area contributed by atoms with Gasteiger partial charge in [-0.15, -0.1) is 0 Å². The molecule has 0 fully saturated rings. The second-order valence-corrected chi connectivity index (χ2v) is 6.21. The minimum absolute atomic E-state index is 0.223. The summed E-state index contributed by atoms with van der Waals surface area (Å²) in [5, 5.41) is 6.39. The zero-order valence-corrected chi connectivity index (χ0v) is 12.8. The number of aromatic amines is 1. The summed E-state index contributed by atoms with van der Waals surface area (Å²) in [6, 6.07) is 4.81. The van der Waals surface area contributed by atoms with Gasteiger partial charge in [0.05, 0.1) is 11.5 Å². The minimum atomic E-state index is -3.54. The molecule has 21 heavy (non-hydrogen) atoms. The van der Waals surface area contributed by atoms with Crippen molar-refractivity contribution in [2.75, 3.05) is 13.2 Å². The van der Waals surface area contributed by atoms with Crippen molar-refractivity contribution in [3.8, 4) is 5.75 Å². The van der Waals surface area contributed by atoms with Crippen LogP contribution in [0.1, 0.15) is 18.3 Å². The fourth-order valence-electron chi connectivity index (χ4n) is 1.84. The van der Waals surface area contributed by atoms with Crippen molar-refractivity contribution in [2.45, 2.75) is 25.2 Å². The number of nitrogens with one attached hydrogen (secondary N) is 2. The van der Waals surface area contributed by atoms with Gasteiger partial charge in [-0.1, -0.05) is 0 Å². The predicted molar refractivity (Wildman–Crippen MR) is 77.6 cm³/mol.